The molecule has 28 heavy (non-hydrogen) atoms. The zero-order chi connectivity index (χ0) is 19.8. The van der Waals surface area contributed by atoms with Crippen molar-refractivity contribution in [3.63, 3.8) is 0 Å². The Balaban J connectivity index is 1.85. The van der Waals surface area contributed by atoms with Gasteiger partial charge in [-0.15, -0.1) is 0 Å². The second-order valence-electron chi connectivity index (χ2n) is 6.57. The highest BCUT2D eigenvalue weighted by atomic mass is 19.1. The van der Waals surface area contributed by atoms with Gasteiger partial charge >= 0.3 is 0 Å². The molecule has 2 aromatic carbocycles. The summed E-state index contributed by atoms with van der Waals surface area (Å²) in [5.41, 5.74) is 1.85. The molecule has 3 rings (SSSR count). The van der Waals surface area contributed by atoms with Crippen LogP contribution < -0.4 is 0 Å². The van der Waals surface area contributed by atoms with Crippen molar-refractivity contribution < 1.29 is 19.1 Å². The fourth-order valence-electron chi connectivity index (χ4n) is 3.15. The second kappa shape index (κ2) is 10.1. The SMILES string of the molecule is OCCN(CCO)Cc1noc(C(Cc2ccccc2)c2cccc(F)c2)n1. The Kier molecular flexibility index (Phi) is 7.25. The summed E-state index contributed by atoms with van der Waals surface area (Å²) < 4.78 is 19.3. The molecule has 1 aromatic heterocycles. The number of hydrogen-bond acceptors (Lipinski definition) is 6. The van der Waals surface area contributed by atoms with Gasteiger partial charge < -0.3 is 14.7 Å². The summed E-state index contributed by atoms with van der Waals surface area (Å²) in [5.74, 6) is 0.291. The van der Waals surface area contributed by atoms with Crippen LogP contribution in [0.5, 0.6) is 0 Å². The van der Waals surface area contributed by atoms with Gasteiger partial charge in [-0.3, -0.25) is 4.90 Å². The van der Waals surface area contributed by atoms with E-state index in [-0.39, 0.29) is 24.9 Å². The standard InChI is InChI=1S/C21H24FN3O3/c22-18-8-4-7-17(14-18)19(13-16-5-2-1-3-6-16)21-23-20(24-28-21)15-25(9-11-26)10-12-27/h1-8,14,19,26-27H,9-13,15H2. The van der Waals surface area contributed by atoms with Crippen LogP contribution in [0.15, 0.2) is 59.1 Å². The maximum Gasteiger partial charge on any atom is 0.234 e. The molecule has 1 atom stereocenters. The van der Waals surface area contributed by atoms with Crippen LogP contribution in [0, 0.1) is 5.82 Å². The lowest BCUT2D eigenvalue weighted by Gasteiger charge is -2.17. The molecular formula is C21H24FN3O3. The predicted octanol–water partition coefficient (Wildman–Crippen LogP) is 2.37. The van der Waals surface area contributed by atoms with Crippen LogP contribution in [0.1, 0.15) is 28.8 Å². The maximum absolute atomic E-state index is 13.8. The molecule has 2 N–H and O–H groups in total. The van der Waals surface area contributed by atoms with Crippen molar-refractivity contribution in [2.45, 2.75) is 18.9 Å². The van der Waals surface area contributed by atoms with E-state index in [4.69, 9.17) is 14.7 Å². The van der Waals surface area contributed by atoms with Crippen molar-refractivity contribution in [1.82, 2.24) is 15.0 Å². The van der Waals surface area contributed by atoms with Crippen molar-refractivity contribution in [2.24, 2.45) is 0 Å². The Hall–Kier alpha value is -2.61. The molecule has 0 fully saturated rings. The van der Waals surface area contributed by atoms with Gasteiger partial charge in [0, 0.05) is 13.1 Å². The zero-order valence-corrected chi connectivity index (χ0v) is 15.5. The van der Waals surface area contributed by atoms with E-state index in [1.54, 1.807) is 6.07 Å². The number of aliphatic hydroxyl groups excluding tert-OH is 2. The third-order valence-electron chi connectivity index (χ3n) is 4.51. The van der Waals surface area contributed by atoms with Gasteiger partial charge in [-0.2, -0.15) is 4.98 Å². The van der Waals surface area contributed by atoms with E-state index < -0.39 is 0 Å². The zero-order valence-electron chi connectivity index (χ0n) is 15.5. The van der Waals surface area contributed by atoms with E-state index >= 15 is 0 Å². The van der Waals surface area contributed by atoms with Crippen LogP contribution in [-0.4, -0.2) is 51.6 Å². The number of aliphatic hydroxyl groups is 2. The van der Waals surface area contributed by atoms with Crippen LogP contribution in [0.25, 0.3) is 0 Å². The van der Waals surface area contributed by atoms with Gasteiger partial charge in [0.2, 0.25) is 5.89 Å². The normalized spacial score (nSPS) is 12.4. The van der Waals surface area contributed by atoms with Gasteiger partial charge in [-0.1, -0.05) is 47.6 Å². The number of benzene rings is 2. The number of hydrogen-bond donors (Lipinski definition) is 2. The molecule has 1 heterocycles. The quantitative estimate of drug-likeness (QED) is 0.558. The van der Waals surface area contributed by atoms with Crippen LogP contribution in [0.2, 0.25) is 0 Å². The van der Waals surface area contributed by atoms with Crippen LogP contribution in [-0.2, 0) is 13.0 Å². The Morgan fingerprint density at radius 2 is 1.75 bits per heavy atom. The van der Waals surface area contributed by atoms with Crippen molar-refractivity contribution >= 4 is 0 Å². The topological polar surface area (TPSA) is 82.6 Å². The minimum Gasteiger partial charge on any atom is -0.395 e. The number of rotatable bonds is 10. The number of halogens is 1. The number of nitrogens with zero attached hydrogens (tertiary/aromatic N) is 3. The average molecular weight is 385 g/mol. The first kappa shape index (κ1) is 20.1. The molecule has 0 aliphatic rings. The summed E-state index contributed by atoms with van der Waals surface area (Å²) in [4.78, 5) is 6.35. The molecule has 0 amide bonds. The first-order valence-electron chi connectivity index (χ1n) is 9.25. The Morgan fingerprint density at radius 3 is 2.43 bits per heavy atom. The molecule has 148 valence electrons. The van der Waals surface area contributed by atoms with E-state index in [0.717, 1.165) is 11.1 Å². The predicted molar refractivity (Wildman–Crippen MR) is 102 cm³/mol. The molecule has 0 spiro atoms. The van der Waals surface area contributed by atoms with Crippen molar-refractivity contribution in [3.05, 3.63) is 83.3 Å². The summed E-state index contributed by atoms with van der Waals surface area (Å²) in [6, 6.07) is 16.3. The lowest BCUT2D eigenvalue weighted by Crippen LogP contribution is -2.29. The molecule has 0 bridgehead atoms. The van der Waals surface area contributed by atoms with E-state index in [1.165, 1.54) is 12.1 Å². The average Bonchev–Trinajstić information content (AvgIpc) is 3.15. The first-order valence-corrected chi connectivity index (χ1v) is 9.25. The molecule has 7 heteroatoms. The second-order valence-corrected chi connectivity index (χ2v) is 6.57. The van der Waals surface area contributed by atoms with Gasteiger partial charge in [-0.25, -0.2) is 4.39 Å². The smallest absolute Gasteiger partial charge is 0.234 e. The fourth-order valence-corrected chi connectivity index (χ4v) is 3.15. The Labute approximate surface area is 163 Å². The summed E-state index contributed by atoms with van der Waals surface area (Å²) in [7, 11) is 0. The highest BCUT2D eigenvalue weighted by Crippen LogP contribution is 2.28. The van der Waals surface area contributed by atoms with Gasteiger partial charge in [0.15, 0.2) is 5.82 Å². The molecule has 0 saturated carbocycles. The summed E-state index contributed by atoms with van der Waals surface area (Å²) >= 11 is 0. The van der Waals surface area contributed by atoms with E-state index in [2.05, 4.69) is 10.1 Å². The van der Waals surface area contributed by atoms with E-state index in [9.17, 15) is 4.39 Å². The summed E-state index contributed by atoms with van der Waals surface area (Å²) in [6.07, 6.45) is 0.600. The Bertz CT molecular complexity index is 851. The highest BCUT2D eigenvalue weighted by molar-refractivity contribution is 5.29. The molecule has 6 nitrogen and oxygen atoms in total. The third-order valence-corrected chi connectivity index (χ3v) is 4.51. The molecule has 1 unspecified atom stereocenters. The number of aromatic nitrogens is 2. The van der Waals surface area contributed by atoms with E-state index in [1.807, 2.05) is 41.3 Å². The minimum absolute atomic E-state index is 0.0232. The molecule has 0 saturated heterocycles. The minimum atomic E-state index is -0.313. The third kappa shape index (κ3) is 5.45. The molecular weight excluding hydrogens is 361 g/mol. The van der Waals surface area contributed by atoms with E-state index in [0.29, 0.717) is 37.8 Å². The largest absolute Gasteiger partial charge is 0.395 e. The lowest BCUT2D eigenvalue weighted by atomic mass is 9.92. The maximum atomic E-state index is 13.8. The highest BCUT2D eigenvalue weighted by Gasteiger charge is 2.23. The van der Waals surface area contributed by atoms with Crippen molar-refractivity contribution in [2.75, 3.05) is 26.3 Å². The molecule has 0 aliphatic heterocycles. The van der Waals surface area contributed by atoms with Crippen LogP contribution in [0.3, 0.4) is 0 Å². The van der Waals surface area contributed by atoms with Gasteiger partial charge in [-0.05, 0) is 29.7 Å². The molecule has 3 aromatic rings. The van der Waals surface area contributed by atoms with Gasteiger partial charge in [0.25, 0.3) is 0 Å². The van der Waals surface area contributed by atoms with Crippen LogP contribution in [0.4, 0.5) is 4.39 Å². The summed E-state index contributed by atoms with van der Waals surface area (Å²) in [5, 5.41) is 22.3. The summed E-state index contributed by atoms with van der Waals surface area (Å²) in [6.45, 7) is 1.12. The van der Waals surface area contributed by atoms with Gasteiger partial charge in [0.05, 0.1) is 25.7 Å². The Morgan fingerprint density at radius 1 is 1.00 bits per heavy atom. The van der Waals surface area contributed by atoms with Crippen LogP contribution >= 0.6 is 0 Å². The molecule has 0 radical (unpaired) electrons. The fraction of sp³-hybridized carbons (Fsp3) is 0.333. The van der Waals surface area contributed by atoms with Crippen molar-refractivity contribution in [3.8, 4) is 0 Å². The van der Waals surface area contributed by atoms with Crippen molar-refractivity contribution in [1.29, 1.82) is 0 Å². The lowest BCUT2D eigenvalue weighted by molar-refractivity contribution is 0.152. The molecule has 0 aliphatic carbocycles. The van der Waals surface area contributed by atoms with Gasteiger partial charge in [0.1, 0.15) is 5.82 Å². The first-order chi connectivity index (χ1) is 13.7. The monoisotopic (exact) mass is 385 g/mol.